The van der Waals surface area contributed by atoms with Crippen molar-refractivity contribution in [3.8, 4) is 17.6 Å². The minimum Gasteiger partial charge on any atom is -0.508 e. The number of rotatable bonds is 5. The minimum atomic E-state index is -0.466. The molecule has 0 aliphatic rings. The van der Waals surface area contributed by atoms with Gasteiger partial charge in [0.1, 0.15) is 23.4 Å². The van der Waals surface area contributed by atoms with Crippen molar-refractivity contribution < 1.29 is 14.2 Å². The molecule has 0 radical (unpaired) electrons. The van der Waals surface area contributed by atoms with Crippen LogP contribution in [0.15, 0.2) is 42.5 Å². The fourth-order valence-corrected chi connectivity index (χ4v) is 1.99. The van der Waals surface area contributed by atoms with Crippen LogP contribution in [-0.4, -0.2) is 11.7 Å². The number of nitrogens with one attached hydrogen (secondary N) is 1. The van der Waals surface area contributed by atoms with Crippen LogP contribution >= 0.6 is 0 Å². The molecule has 0 fully saturated rings. The van der Waals surface area contributed by atoms with Gasteiger partial charge in [-0.05, 0) is 25.1 Å². The summed E-state index contributed by atoms with van der Waals surface area (Å²) in [4.78, 5) is 0. The van der Waals surface area contributed by atoms with Gasteiger partial charge in [-0.15, -0.1) is 0 Å². The lowest BCUT2D eigenvalue weighted by Gasteiger charge is -2.17. The van der Waals surface area contributed by atoms with Crippen LogP contribution in [0.2, 0.25) is 0 Å². The molecule has 108 valence electrons. The molecule has 21 heavy (non-hydrogen) atoms. The lowest BCUT2D eigenvalue weighted by Crippen LogP contribution is -2.08. The number of phenols is 1. The Labute approximate surface area is 122 Å². The Morgan fingerprint density at radius 2 is 2.14 bits per heavy atom. The number of ether oxygens (including phenoxy) is 1. The van der Waals surface area contributed by atoms with E-state index in [1.165, 1.54) is 6.07 Å². The smallest absolute Gasteiger partial charge is 0.174 e. The average Bonchev–Trinajstić information content (AvgIpc) is 2.45. The van der Waals surface area contributed by atoms with Crippen molar-refractivity contribution in [2.45, 2.75) is 13.0 Å². The van der Waals surface area contributed by atoms with Gasteiger partial charge in [-0.1, -0.05) is 12.1 Å². The van der Waals surface area contributed by atoms with Crippen molar-refractivity contribution >= 4 is 5.69 Å². The average molecular weight is 286 g/mol. The van der Waals surface area contributed by atoms with Gasteiger partial charge < -0.3 is 15.2 Å². The van der Waals surface area contributed by atoms with Gasteiger partial charge in [0, 0.05) is 23.4 Å². The Bertz CT molecular complexity index is 668. The molecule has 0 bridgehead atoms. The molecule has 0 aliphatic heterocycles. The van der Waals surface area contributed by atoms with Gasteiger partial charge in [0.15, 0.2) is 6.61 Å². The van der Waals surface area contributed by atoms with Crippen LogP contribution in [0.4, 0.5) is 10.1 Å². The van der Waals surface area contributed by atoms with Gasteiger partial charge in [-0.2, -0.15) is 5.26 Å². The van der Waals surface area contributed by atoms with Crippen molar-refractivity contribution in [3.63, 3.8) is 0 Å². The molecule has 0 saturated carbocycles. The van der Waals surface area contributed by atoms with Crippen molar-refractivity contribution in [1.29, 1.82) is 5.26 Å². The van der Waals surface area contributed by atoms with E-state index < -0.39 is 5.82 Å². The lowest BCUT2D eigenvalue weighted by atomic mass is 10.1. The largest absolute Gasteiger partial charge is 0.508 e. The van der Waals surface area contributed by atoms with E-state index >= 15 is 0 Å². The van der Waals surface area contributed by atoms with Gasteiger partial charge in [0.05, 0.1) is 6.04 Å². The second kappa shape index (κ2) is 6.62. The van der Waals surface area contributed by atoms with E-state index in [4.69, 9.17) is 10.00 Å². The summed E-state index contributed by atoms with van der Waals surface area (Å²) in [6, 6.07) is 12.8. The van der Waals surface area contributed by atoms with Crippen LogP contribution in [0.25, 0.3) is 0 Å². The molecule has 0 aliphatic carbocycles. The van der Waals surface area contributed by atoms with E-state index in [0.29, 0.717) is 11.3 Å². The van der Waals surface area contributed by atoms with E-state index in [1.54, 1.807) is 24.3 Å². The summed E-state index contributed by atoms with van der Waals surface area (Å²) in [6.07, 6.45) is 0. The fraction of sp³-hybridized carbons (Fsp3) is 0.188. The number of phenolic OH excluding ortho intramolecular Hbond substituents is 1. The third kappa shape index (κ3) is 3.86. The number of halogens is 1. The highest BCUT2D eigenvalue weighted by Gasteiger charge is 2.11. The molecule has 2 rings (SSSR count). The standard InChI is InChI=1S/C16H15FN2O2/c1-11(15-6-5-13(20)10-16(15)17)19-12-3-2-4-14(9-12)21-8-7-18/h2-6,9-11,19-20H,8H2,1H3. The second-order valence-electron chi connectivity index (χ2n) is 4.55. The van der Waals surface area contributed by atoms with Crippen LogP contribution < -0.4 is 10.1 Å². The predicted molar refractivity (Wildman–Crippen MR) is 77.7 cm³/mol. The highest BCUT2D eigenvalue weighted by molar-refractivity contribution is 5.50. The summed E-state index contributed by atoms with van der Waals surface area (Å²) in [5, 5.41) is 20.9. The molecule has 2 aromatic rings. The van der Waals surface area contributed by atoms with Crippen LogP contribution in [0.1, 0.15) is 18.5 Å². The number of hydrogen-bond acceptors (Lipinski definition) is 4. The van der Waals surface area contributed by atoms with Gasteiger partial charge in [0.25, 0.3) is 0 Å². The number of aromatic hydroxyl groups is 1. The van der Waals surface area contributed by atoms with Gasteiger partial charge in [-0.25, -0.2) is 4.39 Å². The normalized spacial score (nSPS) is 11.5. The molecule has 0 amide bonds. The molecule has 0 spiro atoms. The molecule has 0 aromatic heterocycles. The maximum atomic E-state index is 13.8. The highest BCUT2D eigenvalue weighted by atomic mass is 19.1. The molecule has 2 aromatic carbocycles. The first kappa shape index (κ1) is 14.7. The zero-order valence-corrected chi connectivity index (χ0v) is 11.5. The number of nitriles is 1. The zero-order valence-electron chi connectivity index (χ0n) is 11.5. The van der Waals surface area contributed by atoms with E-state index in [2.05, 4.69) is 5.32 Å². The Morgan fingerprint density at radius 1 is 1.33 bits per heavy atom. The van der Waals surface area contributed by atoms with E-state index in [9.17, 15) is 9.50 Å². The van der Waals surface area contributed by atoms with Crippen molar-refractivity contribution in [1.82, 2.24) is 0 Å². The third-order valence-electron chi connectivity index (χ3n) is 2.97. The summed E-state index contributed by atoms with van der Waals surface area (Å²) in [5.41, 5.74) is 1.21. The summed E-state index contributed by atoms with van der Waals surface area (Å²) >= 11 is 0. The first-order valence-corrected chi connectivity index (χ1v) is 6.45. The van der Waals surface area contributed by atoms with Gasteiger partial charge >= 0.3 is 0 Å². The minimum absolute atomic E-state index is 0.0222. The molecule has 1 atom stereocenters. The topological polar surface area (TPSA) is 65.3 Å². The molecule has 0 heterocycles. The number of nitrogens with zero attached hydrogens (tertiary/aromatic N) is 1. The monoisotopic (exact) mass is 286 g/mol. The molecule has 5 heteroatoms. The Kier molecular flexibility index (Phi) is 4.62. The molecular weight excluding hydrogens is 271 g/mol. The quantitative estimate of drug-likeness (QED) is 0.881. The third-order valence-corrected chi connectivity index (χ3v) is 2.97. The van der Waals surface area contributed by atoms with E-state index in [1.807, 2.05) is 19.1 Å². The molecular formula is C16H15FN2O2. The SMILES string of the molecule is CC(Nc1cccc(OCC#N)c1)c1ccc(O)cc1F. The highest BCUT2D eigenvalue weighted by Crippen LogP contribution is 2.26. The van der Waals surface area contributed by atoms with Crippen molar-refractivity contribution in [2.75, 3.05) is 11.9 Å². The molecule has 0 saturated heterocycles. The summed E-state index contributed by atoms with van der Waals surface area (Å²) in [7, 11) is 0. The van der Waals surface area contributed by atoms with Gasteiger partial charge in [-0.3, -0.25) is 0 Å². The van der Waals surface area contributed by atoms with Crippen LogP contribution in [0.3, 0.4) is 0 Å². The maximum Gasteiger partial charge on any atom is 0.174 e. The molecule has 4 nitrogen and oxygen atoms in total. The number of hydrogen-bond donors (Lipinski definition) is 2. The Morgan fingerprint density at radius 3 is 2.86 bits per heavy atom. The zero-order chi connectivity index (χ0) is 15.2. The summed E-state index contributed by atoms with van der Waals surface area (Å²) < 4.78 is 19.0. The Balaban J connectivity index is 2.12. The van der Waals surface area contributed by atoms with Crippen molar-refractivity contribution in [3.05, 3.63) is 53.8 Å². The Hall–Kier alpha value is -2.74. The predicted octanol–water partition coefficient (Wildman–Crippen LogP) is 3.61. The first-order chi connectivity index (χ1) is 10.1. The van der Waals surface area contributed by atoms with Gasteiger partial charge in [0.2, 0.25) is 0 Å². The summed E-state index contributed by atoms with van der Waals surface area (Å²) in [6.45, 7) is 1.80. The summed E-state index contributed by atoms with van der Waals surface area (Å²) in [5.74, 6) is 0.00200. The molecule has 2 N–H and O–H groups in total. The first-order valence-electron chi connectivity index (χ1n) is 6.45. The lowest BCUT2D eigenvalue weighted by molar-refractivity contribution is 0.368. The second-order valence-corrected chi connectivity index (χ2v) is 4.55. The van der Waals surface area contributed by atoms with Crippen molar-refractivity contribution in [2.24, 2.45) is 0 Å². The fourth-order valence-electron chi connectivity index (χ4n) is 1.99. The maximum absolute atomic E-state index is 13.8. The van der Waals surface area contributed by atoms with E-state index in [0.717, 1.165) is 11.8 Å². The van der Waals surface area contributed by atoms with Crippen LogP contribution in [-0.2, 0) is 0 Å². The number of benzene rings is 2. The number of anilines is 1. The van der Waals surface area contributed by atoms with Crippen LogP contribution in [0, 0.1) is 17.1 Å². The van der Waals surface area contributed by atoms with E-state index in [-0.39, 0.29) is 18.4 Å². The molecule has 1 unspecified atom stereocenters. The van der Waals surface area contributed by atoms with Crippen LogP contribution in [0.5, 0.6) is 11.5 Å².